The highest BCUT2D eigenvalue weighted by molar-refractivity contribution is 9.10. The van der Waals surface area contributed by atoms with Crippen molar-refractivity contribution < 1.29 is 22.7 Å². The molecule has 3 N–H and O–H groups in total. The van der Waals surface area contributed by atoms with Crippen LogP contribution < -0.4 is 15.8 Å². The summed E-state index contributed by atoms with van der Waals surface area (Å²) in [5.41, 5.74) is 5.66. The van der Waals surface area contributed by atoms with Crippen molar-refractivity contribution in [2.45, 2.75) is 32.7 Å². The molecule has 8 heteroatoms. The van der Waals surface area contributed by atoms with E-state index in [2.05, 4.69) is 26.0 Å². The smallest absolute Gasteiger partial charge is 0.404 e. The van der Waals surface area contributed by atoms with Crippen LogP contribution in [0.25, 0.3) is 0 Å². The number of ether oxygens (including phenoxy) is 1. The average molecular weight is 369 g/mol. The van der Waals surface area contributed by atoms with Gasteiger partial charge in [-0.3, -0.25) is 4.79 Å². The summed E-state index contributed by atoms with van der Waals surface area (Å²) in [6.07, 6.45) is -4.17. The maximum Gasteiger partial charge on any atom is 0.573 e. The summed E-state index contributed by atoms with van der Waals surface area (Å²) in [7, 11) is 0. The predicted octanol–water partition coefficient (Wildman–Crippen LogP) is 3.66. The van der Waals surface area contributed by atoms with Crippen molar-refractivity contribution in [2.24, 2.45) is 11.7 Å². The van der Waals surface area contributed by atoms with E-state index in [4.69, 9.17) is 5.73 Å². The van der Waals surface area contributed by atoms with Gasteiger partial charge < -0.3 is 15.8 Å². The molecule has 2 unspecified atom stereocenters. The highest BCUT2D eigenvalue weighted by atomic mass is 79.9. The average Bonchev–Trinajstić information content (AvgIpc) is 2.38. The number of hydrogen-bond acceptors (Lipinski definition) is 3. The lowest BCUT2D eigenvalue weighted by atomic mass is 9.99. The Bertz CT molecular complexity index is 509. The summed E-state index contributed by atoms with van der Waals surface area (Å²) < 4.78 is 41.4. The first-order chi connectivity index (χ1) is 9.64. The Morgan fingerprint density at radius 3 is 2.62 bits per heavy atom. The molecule has 1 amide bonds. The Morgan fingerprint density at radius 2 is 2.10 bits per heavy atom. The van der Waals surface area contributed by atoms with Crippen LogP contribution in [0.4, 0.5) is 18.9 Å². The number of anilines is 1. The van der Waals surface area contributed by atoms with E-state index < -0.39 is 24.1 Å². The van der Waals surface area contributed by atoms with Crippen LogP contribution in [0.1, 0.15) is 20.3 Å². The molecule has 0 aliphatic rings. The zero-order valence-electron chi connectivity index (χ0n) is 11.5. The van der Waals surface area contributed by atoms with E-state index in [1.807, 2.05) is 6.92 Å². The molecule has 118 valence electrons. The molecule has 0 aliphatic heterocycles. The van der Waals surface area contributed by atoms with Crippen LogP contribution in [0.15, 0.2) is 22.7 Å². The summed E-state index contributed by atoms with van der Waals surface area (Å²) in [5.74, 6) is -1.15. The molecule has 0 aromatic heterocycles. The molecule has 0 bridgehead atoms. The minimum absolute atomic E-state index is 0.0840. The number of halogens is 4. The quantitative estimate of drug-likeness (QED) is 0.833. The third-order valence-corrected chi connectivity index (χ3v) is 3.48. The van der Waals surface area contributed by atoms with Gasteiger partial charge in [0.1, 0.15) is 0 Å². The van der Waals surface area contributed by atoms with Crippen LogP contribution in [0.2, 0.25) is 0 Å². The van der Waals surface area contributed by atoms with Crippen LogP contribution in [0.3, 0.4) is 0 Å². The van der Waals surface area contributed by atoms with E-state index in [9.17, 15) is 18.0 Å². The second-order valence-electron chi connectivity index (χ2n) is 4.59. The van der Waals surface area contributed by atoms with Crippen molar-refractivity contribution in [1.82, 2.24) is 0 Å². The molecule has 0 saturated carbocycles. The van der Waals surface area contributed by atoms with Gasteiger partial charge in [0.25, 0.3) is 0 Å². The Labute approximate surface area is 129 Å². The lowest BCUT2D eigenvalue weighted by molar-refractivity contribution is -0.274. The second-order valence-corrected chi connectivity index (χ2v) is 5.50. The molecular weight excluding hydrogens is 353 g/mol. The number of carbonyl (C=O) groups is 1. The summed E-state index contributed by atoms with van der Waals surface area (Å²) in [5, 5.41) is 2.37. The number of alkyl halides is 3. The third-order valence-electron chi connectivity index (χ3n) is 2.99. The molecule has 0 heterocycles. The van der Waals surface area contributed by atoms with E-state index in [0.717, 1.165) is 6.07 Å². The molecular formula is C13H16BrF3N2O2. The number of benzene rings is 1. The van der Waals surface area contributed by atoms with Crippen LogP contribution in [0, 0.1) is 5.92 Å². The molecule has 21 heavy (non-hydrogen) atoms. The van der Waals surface area contributed by atoms with Crippen molar-refractivity contribution in [3.05, 3.63) is 22.7 Å². The molecule has 0 aliphatic carbocycles. The molecule has 1 rings (SSSR count). The molecule has 2 atom stereocenters. The van der Waals surface area contributed by atoms with E-state index in [1.54, 1.807) is 6.92 Å². The van der Waals surface area contributed by atoms with Crippen LogP contribution >= 0.6 is 15.9 Å². The maximum absolute atomic E-state index is 12.4. The Hall–Kier alpha value is -1.28. The van der Waals surface area contributed by atoms with Crippen molar-refractivity contribution in [2.75, 3.05) is 5.32 Å². The first-order valence-corrected chi connectivity index (χ1v) is 7.05. The summed E-state index contributed by atoms with van der Waals surface area (Å²) in [4.78, 5) is 11.9. The normalized spacial score (nSPS) is 14.4. The van der Waals surface area contributed by atoms with Gasteiger partial charge >= 0.3 is 6.36 Å². The van der Waals surface area contributed by atoms with E-state index >= 15 is 0 Å². The number of nitrogens with two attached hydrogens (primary N) is 1. The lowest BCUT2D eigenvalue weighted by Crippen LogP contribution is -2.40. The Morgan fingerprint density at radius 1 is 1.48 bits per heavy atom. The van der Waals surface area contributed by atoms with Gasteiger partial charge in [-0.2, -0.15) is 0 Å². The monoisotopic (exact) mass is 368 g/mol. The minimum Gasteiger partial charge on any atom is -0.404 e. The van der Waals surface area contributed by atoms with Crippen molar-refractivity contribution in [3.63, 3.8) is 0 Å². The van der Waals surface area contributed by atoms with Gasteiger partial charge in [0.2, 0.25) is 5.91 Å². The maximum atomic E-state index is 12.4. The highest BCUT2D eigenvalue weighted by Gasteiger charge is 2.32. The first-order valence-electron chi connectivity index (χ1n) is 6.25. The third kappa shape index (κ3) is 5.55. The van der Waals surface area contributed by atoms with Gasteiger partial charge in [0.15, 0.2) is 5.75 Å². The fraction of sp³-hybridized carbons (Fsp3) is 0.462. The Kier molecular flexibility index (Phi) is 6.03. The van der Waals surface area contributed by atoms with Gasteiger partial charge in [-0.1, -0.05) is 36.2 Å². The lowest BCUT2D eigenvalue weighted by Gasteiger charge is -2.19. The molecule has 4 nitrogen and oxygen atoms in total. The largest absolute Gasteiger partial charge is 0.573 e. The molecule has 0 radical (unpaired) electrons. The summed E-state index contributed by atoms with van der Waals surface area (Å²) in [6.45, 7) is 3.66. The van der Waals surface area contributed by atoms with Crippen molar-refractivity contribution >= 4 is 27.5 Å². The second kappa shape index (κ2) is 7.13. The van der Waals surface area contributed by atoms with E-state index in [-0.39, 0.29) is 11.6 Å². The molecule has 0 spiro atoms. The van der Waals surface area contributed by atoms with Crippen molar-refractivity contribution in [3.8, 4) is 5.75 Å². The fourth-order valence-electron chi connectivity index (χ4n) is 1.54. The topological polar surface area (TPSA) is 64.4 Å². The van der Waals surface area contributed by atoms with Gasteiger partial charge in [0.05, 0.1) is 11.7 Å². The predicted molar refractivity (Wildman–Crippen MR) is 76.9 cm³/mol. The number of rotatable bonds is 5. The highest BCUT2D eigenvalue weighted by Crippen LogP contribution is 2.33. The first kappa shape index (κ1) is 17.8. The zero-order chi connectivity index (χ0) is 16.2. The number of hydrogen-bond donors (Lipinski definition) is 2. The fourth-order valence-corrected chi connectivity index (χ4v) is 1.88. The van der Waals surface area contributed by atoms with Crippen LogP contribution in [0.5, 0.6) is 5.75 Å². The number of nitrogens with one attached hydrogen (secondary N) is 1. The zero-order valence-corrected chi connectivity index (χ0v) is 13.1. The summed E-state index contributed by atoms with van der Waals surface area (Å²) in [6, 6.07) is 3.12. The van der Waals surface area contributed by atoms with Gasteiger partial charge in [-0.05, 0) is 24.1 Å². The van der Waals surface area contributed by atoms with Crippen LogP contribution in [-0.4, -0.2) is 18.3 Å². The van der Waals surface area contributed by atoms with Gasteiger partial charge in [-0.25, -0.2) is 0 Å². The SMILES string of the molecule is CCC(C)C(N)C(=O)Nc1ccc(Br)cc1OC(F)(F)F. The van der Waals surface area contributed by atoms with E-state index in [1.165, 1.54) is 12.1 Å². The molecule has 0 fully saturated rings. The minimum atomic E-state index is -4.85. The van der Waals surface area contributed by atoms with Gasteiger partial charge in [-0.15, -0.1) is 13.2 Å². The Balaban J connectivity index is 2.95. The van der Waals surface area contributed by atoms with Gasteiger partial charge in [0, 0.05) is 4.47 Å². The number of amides is 1. The summed E-state index contributed by atoms with van der Waals surface area (Å²) >= 11 is 3.05. The van der Waals surface area contributed by atoms with Crippen molar-refractivity contribution in [1.29, 1.82) is 0 Å². The molecule has 1 aromatic carbocycles. The molecule has 1 aromatic rings. The van der Waals surface area contributed by atoms with E-state index in [0.29, 0.717) is 10.9 Å². The molecule has 0 saturated heterocycles. The number of carbonyl (C=O) groups excluding carboxylic acids is 1. The van der Waals surface area contributed by atoms with Crippen LogP contribution in [-0.2, 0) is 4.79 Å². The standard InChI is InChI=1S/C13H16BrF3N2O2/c1-3-7(2)11(18)12(20)19-9-5-4-8(14)6-10(9)21-13(15,16)17/h4-7,11H,3,18H2,1-2H3,(H,19,20).